The summed E-state index contributed by atoms with van der Waals surface area (Å²) in [6, 6.07) is 7.86. The first-order valence-corrected chi connectivity index (χ1v) is 6.76. The Morgan fingerprint density at radius 2 is 1.95 bits per heavy atom. The summed E-state index contributed by atoms with van der Waals surface area (Å²) < 4.78 is 28.4. The summed E-state index contributed by atoms with van der Waals surface area (Å²) in [6.45, 7) is 0.823. The van der Waals surface area contributed by atoms with Gasteiger partial charge in [-0.3, -0.25) is 0 Å². The fraction of sp³-hybridized carbons (Fsp3) is 0.467. The van der Waals surface area contributed by atoms with Crippen molar-refractivity contribution in [3.63, 3.8) is 0 Å². The van der Waals surface area contributed by atoms with E-state index in [1.807, 2.05) is 30.5 Å². The van der Waals surface area contributed by atoms with Gasteiger partial charge in [0.2, 0.25) is 5.92 Å². The molecule has 0 saturated heterocycles. The Labute approximate surface area is 111 Å². The zero-order valence-electron chi connectivity index (χ0n) is 10.8. The lowest BCUT2D eigenvalue weighted by atomic mass is 9.87. The Balaban J connectivity index is 1.75. The van der Waals surface area contributed by atoms with Crippen molar-refractivity contribution in [1.29, 1.82) is 0 Å². The summed E-state index contributed by atoms with van der Waals surface area (Å²) in [5.74, 6) is -2.09. The van der Waals surface area contributed by atoms with Crippen molar-refractivity contribution in [2.24, 2.45) is 5.92 Å². The van der Waals surface area contributed by atoms with E-state index < -0.39 is 5.92 Å². The number of fused-ring (bicyclic) bond motifs is 1. The number of rotatable bonds is 2. The van der Waals surface area contributed by atoms with Crippen LogP contribution in [0.25, 0.3) is 10.9 Å². The molecule has 102 valence electrons. The minimum Gasteiger partial charge on any atom is -0.399 e. The van der Waals surface area contributed by atoms with Crippen LogP contribution >= 0.6 is 0 Å². The number of hydrogen-bond donors (Lipinski definition) is 1. The molecule has 3 rings (SSSR count). The molecule has 1 aromatic carbocycles. The first-order valence-electron chi connectivity index (χ1n) is 6.76. The predicted octanol–water partition coefficient (Wildman–Crippen LogP) is 4.05. The highest BCUT2D eigenvalue weighted by Gasteiger charge is 2.34. The monoisotopic (exact) mass is 264 g/mol. The number of hydrogen-bond acceptors (Lipinski definition) is 1. The van der Waals surface area contributed by atoms with E-state index in [0.29, 0.717) is 18.8 Å². The van der Waals surface area contributed by atoms with Crippen molar-refractivity contribution in [3.8, 4) is 0 Å². The molecule has 0 amide bonds. The highest BCUT2D eigenvalue weighted by atomic mass is 19.3. The van der Waals surface area contributed by atoms with Gasteiger partial charge < -0.3 is 10.3 Å². The number of nitrogens with zero attached hydrogens (tertiary/aromatic N) is 1. The molecular formula is C15H18F2N2. The van der Waals surface area contributed by atoms with Crippen LogP contribution in [0.2, 0.25) is 0 Å². The van der Waals surface area contributed by atoms with E-state index in [-0.39, 0.29) is 12.8 Å². The molecule has 0 aliphatic heterocycles. The molecule has 0 spiro atoms. The summed E-state index contributed by atoms with van der Waals surface area (Å²) in [4.78, 5) is 0. The van der Waals surface area contributed by atoms with Crippen LogP contribution in [0.15, 0.2) is 30.5 Å². The van der Waals surface area contributed by atoms with Crippen LogP contribution in [0.1, 0.15) is 25.7 Å². The Morgan fingerprint density at radius 1 is 1.21 bits per heavy atom. The van der Waals surface area contributed by atoms with Crippen LogP contribution in [-0.4, -0.2) is 10.5 Å². The fourth-order valence-electron chi connectivity index (χ4n) is 2.94. The van der Waals surface area contributed by atoms with Crippen LogP contribution in [0, 0.1) is 5.92 Å². The van der Waals surface area contributed by atoms with Crippen molar-refractivity contribution in [2.45, 2.75) is 38.2 Å². The first-order chi connectivity index (χ1) is 9.03. The average Bonchev–Trinajstić information content (AvgIpc) is 2.74. The molecule has 1 saturated carbocycles. The number of alkyl halides is 2. The second-order valence-corrected chi connectivity index (χ2v) is 5.59. The van der Waals surface area contributed by atoms with Gasteiger partial charge in [0.1, 0.15) is 0 Å². The number of nitrogen functional groups attached to an aromatic ring is 1. The summed E-state index contributed by atoms with van der Waals surface area (Å²) in [5, 5.41) is 1.11. The molecule has 4 heteroatoms. The van der Waals surface area contributed by atoms with Gasteiger partial charge in [0.15, 0.2) is 0 Å². The van der Waals surface area contributed by atoms with E-state index in [9.17, 15) is 8.78 Å². The summed E-state index contributed by atoms with van der Waals surface area (Å²) >= 11 is 0. The summed E-state index contributed by atoms with van der Waals surface area (Å²) in [7, 11) is 0. The van der Waals surface area contributed by atoms with Crippen LogP contribution in [-0.2, 0) is 6.54 Å². The molecule has 1 fully saturated rings. The smallest absolute Gasteiger partial charge is 0.248 e. The Morgan fingerprint density at radius 3 is 2.68 bits per heavy atom. The molecule has 0 radical (unpaired) electrons. The van der Waals surface area contributed by atoms with Gasteiger partial charge in [-0.25, -0.2) is 8.78 Å². The van der Waals surface area contributed by atoms with Gasteiger partial charge in [0.25, 0.3) is 0 Å². The van der Waals surface area contributed by atoms with Gasteiger partial charge in [-0.15, -0.1) is 0 Å². The van der Waals surface area contributed by atoms with Gasteiger partial charge in [-0.2, -0.15) is 0 Å². The summed E-state index contributed by atoms with van der Waals surface area (Å²) in [6.07, 6.45) is 3.31. The van der Waals surface area contributed by atoms with Gasteiger partial charge in [0, 0.05) is 42.2 Å². The maximum Gasteiger partial charge on any atom is 0.248 e. The Bertz CT molecular complexity index is 579. The number of aromatic nitrogens is 1. The lowest BCUT2D eigenvalue weighted by Gasteiger charge is -2.28. The van der Waals surface area contributed by atoms with Crippen LogP contribution in [0.4, 0.5) is 14.5 Å². The quantitative estimate of drug-likeness (QED) is 0.815. The van der Waals surface area contributed by atoms with Crippen molar-refractivity contribution < 1.29 is 8.78 Å². The predicted molar refractivity (Wildman–Crippen MR) is 73.3 cm³/mol. The second kappa shape index (κ2) is 4.51. The van der Waals surface area contributed by atoms with Crippen molar-refractivity contribution in [2.75, 3.05) is 5.73 Å². The molecule has 1 heterocycles. The van der Waals surface area contributed by atoms with Crippen molar-refractivity contribution >= 4 is 16.6 Å². The zero-order valence-corrected chi connectivity index (χ0v) is 10.8. The number of halogens is 2. The van der Waals surface area contributed by atoms with Gasteiger partial charge in [-0.1, -0.05) is 0 Å². The van der Waals surface area contributed by atoms with Gasteiger partial charge in [0.05, 0.1) is 0 Å². The maximum absolute atomic E-state index is 13.1. The number of benzene rings is 1. The number of nitrogens with two attached hydrogens (primary N) is 1. The standard InChI is InChI=1S/C15H18F2N2/c16-15(17)6-3-11(4-7-15)10-19-8-5-12-9-13(18)1-2-14(12)19/h1-2,5,8-9,11H,3-4,6-7,10,18H2. The van der Waals surface area contributed by atoms with E-state index >= 15 is 0 Å². The molecule has 0 bridgehead atoms. The zero-order chi connectivity index (χ0) is 13.5. The van der Waals surface area contributed by atoms with Gasteiger partial charge in [-0.05, 0) is 43.0 Å². The number of anilines is 1. The SMILES string of the molecule is Nc1ccc2c(ccn2CC2CCC(F)(F)CC2)c1. The normalized spacial score (nSPS) is 19.9. The first kappa shape index (κ1) is 12.5. The van der Waals surface area contributed by atoms with E-state index in [1.165, 1.54) is 0 Å². The summed E-state index contributed by atoms with van der Waals surface area (Å²) in [5.41, 5.74) is 7.64. The molecule has 2 nitrogen and oxygen atoms in total. The Kier molecular flexibility index (Phi) is 2.96. The van der Waals surface area contributed by atoms with Crippen LogP contribution in [0.3, 0.4) is 0 Å². The molecular weight excluding hydrogens is 246 g/mol. The van der Waals surface area contributed by atoms with E-state index in [1.54, 1.807) is 0 Å². The van der Waals surface area contributed by atoms with E-state index in [2.05, 4.69) is 4.57 Å². The highest BCUT2D eigenvalue weighted by Crippen LogP contribution is 2.37. The Hall–Kier alpha value is -1.58. The van der Waals surface area contributed by atoms with E-state index in [0.717, 1.165) is 23.1 Å². The highest BCUT2D eigenvalue weighted by molar-refractivity contribution is 5.83. The molecule has 0 atom stereocenters. The molecule has 0 unspecified atom stereocenters. The molecule has 1 aliphatic rings. The van der Waals surface area contributed by atoms with Crippen LogP contribution in [0.5, 0.6) is 0 Å². The van der Waals surface area contributed by atoms with E-state index in [4.69, 9.17) is 5.73 Å². The lowest BCUT2D eigenvalue weighted by Crippen LogP contribution is -2.26. The lowest BCUT2D eigenvalue weighted by molar-refractivity contribution is -0.0472. The second-order valence-electron chi connectivity index (χ2n) is 5.59. The fourth-order valence-corrected chi connectivity index (χ4v) is 2.94. The third kappa shape index (κ3) is 2.57. The molecule has 2 N–H and O–H groups in total. The largest absolute Gasteiger partial charge is 0.399 e. The topological polar surface area (TPSA) is 30.9 Å². The molecule has 2 aromatic rings. The van der Waals surface area contributed by atoms with Crippen LogP contribution < -0.4 is 5.73 Å². The third-order valence-corrected chi connectivity index (χ3v) is 4.09. The van der Waals surface area contributed by atoms with Gasteiger partial charge >= 0.3 is 0 Å². The van der Waals surface area contributed by atoms with Crippen molar-refractivity contribution in [1.82, 2.24) is 4.57 Å². The van der Waals surface area contributed by atoms with Crippen molar-refractivity contribution in [3.05, 3.63) is 30.5 Å². The third-order valence-electron chi connectivity index (χ3n) is 4.09. The average molecular weight is 264 g/mol. The minimum atomic E-state index is -2.44. The minimum absolute atomic E-state index is 0.0316. The molecule has 1 aliphatic carbocycles. The molecule has 19 heavy (non-hydrogen) atoms. The molecule has 1 aromatic heterocycles. The maximum atomic E-state index is 13.1.